The third-order valence-corrected chi connectivity index (χ3v) is 2.06. The van der Waals surface area contributed by atoms with E-state index in [1.54, 1.807) is 0 Å². The Morgan fingerprint density at radius 3 is 2.29 bits per heavy atom. The van der Waals surface area contributed by atoms with Crippen LogP contribution < -0.4 is 0 Å². The Morgan fingerprint density at radius 1 is 1.35 bits per heavy atom. The van der Waals surface area contributed by atoms with E-state index in [4.69, 9.17) is 24.4 Å². The van der Waals surface area contributed by atoms with Gasteiger partial charge in [0.2, 0.25) is 0 Å². The second-order valence-corrected chi connectivity index (χ2v) is 5.06. The topological polar surface area (TPSA) is 68.2 Å². The van der Waals surface area contributed by atoms with Gasteiger partial charge >= 0.3 is 0 Å². The van der Waals surface area contributed by atoms with E-state index < -0.39 is 11.6 Å². The third kappa shape index (κ3) is 6.02. The van der Waals surface area contributed by atoms with E-state index in [2.05, 4.69) is 6.08 Å². The van der Waals surface area contributed by atoms with Crippen molar-refractivity contribution in [2.45, 2.75) is 51.8 Å². The van der Waals surface area contributed by atoms with Crippen molar-refractivity contribution in [2.75, 3.05) is 13.2 Å². The van der Waals surface area contributed by atoms with Gasteiger partial charge in [-0.15, -0.1) is 0 Å². The molecule has 2 aliphatic rings. The minimum atomic E-state index is -1.50. The van der Waals surface area contributed by atoms with Crippen LogP contribution in [0.2, 0.25) is 0 Å². The van der Waals surface area contributed by atoms with Gasteiger partial charge < -0.3 is 24.4 Å². The fourth-order valence-electron chi connectivity index (χ4n) is 1.49. The summed E-state index contributed by atoms with van der Waals surface area (Å²) in [5.41, 5.74) is 0. The van der Waals surface area contributed by atoms with E-state index in [1.807, 2.05) is 13.8 Å². The summed E-state index contributed by atoms with van der Waals surface area (Å²) in [5.74, 6) is -1.00. The lowest BCUT2D eigenvalue weighted by Gasteiger charge is -2.17. The second-order valence-electron chi connectivity index (χ2n) is 5.06. The van der Waals surface area contributed by atoms with Crippen LogP contribution in [-0.2, 0) is 14.2 Å². The minimum Gasteiger partial charge on any atom is -0.495 e. The lowest BCUT2D eigenvalue weighted by molar-refractivity contribution is -0.137. The van der Waals surface area contributed by atoms with Gasteiger partial charge in [-0.1, -0.05) is 0 Å². The molecule has 0 amide bonds. The molecule has 2 aliphatic heterocycles. The Labute approximate surface area is 102 Å². The molecule has 5 nitrogen and oxygen atoms in total. The quantitative estimate of drug-likeness (QED) is 0.679. The molecule has 2 heterocycles. The largest absolute Gasteiger partial charge is 0.495 e. The average molecular weight is 246 g/mol. The molecule has 2 N–H and O–H groups in total. The Balaban J connectivity index is 0.000000249. The number of hydrogen-bond acceptors (Lipinski definition) is 5. The zero-order chi connectivity index (χ0) is 13.1. The predicted octanol–water partition coefficient (Wildman–Crippen LogP) is 1.15. The molecule has 0 aromatic heterocycles. The molecular weight excluding hydrogens is 224 g/mol. The molecule has 0 saturated carbocycles. The van der Waals surface area contributed by atoms with Crippen molar-refractivity contribution < 1.29 is 24.4 Å². The second kappa shape index (κ2) is 5.35. The van der Waals surface area contributed by atoms with Crippen LogP contribution in [0, 0.1) is 0 Å². The fourth-order valence-corrected chi connectivity index (χ4v) is 1.49. The summed E-state index contributed by atoms with van der Waals surface area (Å²) in [6, 6.07) is 0. The molecule has 0 aliphatic carbocycles. The highest BCUT2D eigenvalue weighted by Gasteiger charge is 2.36. The van der Waals surface area contributed by atoms with Gasteiger partial charge in [0.1, 0.15) is 11.9 Å². The molecule has 5 heteroatoms. The van der Waals surface area contributed by atoms with Gasteiger partial charge in [-0.2, -0.15) is 0 Å². The summed E-state index contributed by atoms with van der Waals surface area (Å²) >= 11 is 0. The third-order valence-electron chi connectivity index (χ3n) is 2.06. The van der Waals surface area contributed by atoms with Gasteiger partial charge in [-0.3, -0.25) is 0 Å². The summed E-state index contributed by atoms with van der Waals surface area (Å²) in [4.78, 5) is 0. The highest BCUT2D eigenvalue weighted by Crippen LogP contribution is 2.28. The lowest BCUT2D eigenvalue weighted by Crippen LogP contribution is -2.22. The maximum Gasteiger partial charge on any atom is 0.164 e. The van der Waals surface area contributed by atoms with Crippen molar-refractivity contribution >= 4 is 0 Å². The van der Waals surface area contributed by atoms with Crippen LogP contribution in [-0.4, -0.2) is 41.1 Å². The zero-order valence-corrected chi connectivity index (χ0v) is 10.9. The van der Waals surface area contributed by atoms with Gasteiger partial charge in [-0.25, -0.2) is 0 Å². The molecule has 0 radical (unpaired) electrons. The Hall–Kier alpha value is -0.620. The average Bonchev–Trinajstić information content (AvgIpc) is 2.69. The molecule has 0 unspecified atom stereocenters. The summed E-state index contributed by atoms with van der Waals surface area (Å²) in [5, 5.41) is 16.2. The number of aliphatic hydroxyl groups is 2. The number of rotatable bonds is 1. The Kier molecular flexibility index (Phi) is 4.55. The van der Waals surface area contributed by atoms with Gasteiger partial charge in [0.15, 0.2) is 11.6 Å². The minimum absolute atomic E-state index is 0.0162. The SMILES string of the molecule is CC(C)(O)O.CC1(C)OC[C@H](C2=CCCO2)O1. The van der Waals surface area contributed by atoms with E-state index in [9.17, 15) is 0 Å². The van der Waals surface area contributed by atoms with Crippen LogP contribution >= 0.6 is 0 Å². The summed E-state index contributed by atoms with van der Waals surface area (Å²) < 4.78 is 16.4. The normalized spacial score (nSPS) is 26.9. The molecule has 0 bridgehead atoms. The first-order valence-electron chi connectivity index (χ1n) is 5.77. The monoisotopic (exact) mass is 246 g/mol. The first kappa shape index (κ1) is 14.4. The molecule has 1 saturated heterocycles. The fraction of sp³-hybridized carbons (Fsp3) is 0.833. The molecule has 17 heavy (non-hydrogen) atoms. The maximum absolute atomic E-state index is 8.08. The summed E-state index contributed by atoms with van der Waals surface area (Å²) in [7, 11) is 0. The zero-order valence-electron chi connectivity index (χ0n) is 10.9. The first-order chi connectivity index (χ1) is 7.67. The van der Waals surface area contributed by atoms with Crippen LogP contribution in [0.25, 0.3) is 0 Å². The summed E-state index contributed by atoms with van der Waals surface area (Å²) in [6.07, 6.45) is 3.09. The molecule has 1 atom stereocenters. The van der Waals surface area contributed by atoms with E-state index >= 15 is 0 Å². The van der Waals surface area contributed by atoms with Crippen LogP contribution in [0.3, 0.4) is 0 Å². The molecule has 0 spiro atoms. The van der Waals surface area contributed by atoms with Crippen molar-refractivity contribution in [3.05, 3.63) is 11.8 Å². The van der Waals surface area contributed by atoms with Crippen LogP contribution in [0.1, 0.15) is 34.1 Å². The van der Waals surface area contributed by atoms with Gasteiger partial charge in [0.05, 0.1) is 13.2 Å². The van der Waals surface area contributed by atoms with Crippen molar-refractivity contribution in [3.63, 3.8) is 0 Å². The van der Waals surface area contributed by atoms with Gasteiger partial charge in [-0.05, 0) is 33.8 Å². The highest BCUT2D eigenvalue weighted by atomic mass is 16.7. The molecular formula is C12H22O5. The highest BCUT2D eigenvalue weighted by molar-refractivity contribution is 5.06. The molecule has 0 aromatic rings. The van der Waals surface area contributed by atoms with Crippen molar-refractivity contribution in [1.29, 1.82) is 0 Å². The predicted molar refractivity (Wildman–Crippen MR) is 62.1 cm³/mol. The van der Waals surface area contributed by atoms with Gasteiger partial charge in [0.25, 0.3) is 0 Å². The standard InChI is InChI=1S/C9H14O3.C3H8O2/c1-9(2)11-6-8(12-9)7-4-3-5-10-7;1-3(2,4)5/h4,8H,3,5-6H2,1-2H3;4-5H,1-2H3/t8-;/m1./s1. The maximum atomic E-state index is 8.08. The van der Waals surface area contributed by atoms with E-state index in [0.717, 1.165) is 18.8 Å². The van der Waals surface area contributed by atoms with Crippen molar-refractivity contribution in [2.24, 2.45) is 0 Å². The summed E-state index contributed by atoms with van der Waals surface area (Å²) in [6.45, 7) is 7.83. The first-order valence-corrected chi connectivity index (χ1v) is 5.77. The molecule has 0 aromatic carbocycles. The lowest BCUT2D eigenvalue weighted by atomic mass is 10.3. The Bertz CT molecular complexity index is 271. The van der Waals surface area contributed by atoms with Crippen molar-refractivity contribution in [3.8, 4) is 0 Å². The smallest absolute Gasteiger partial charge is 0.164 e. The van der Waals surface area contributed by atoms with E-state index in [-0.39, 0.29) is 6.10 Å². The number of ether oxygens (including phenoxy) is 3. The Morgan fingerprint density at radius 2 is 1.94 bits per heavy atom. The van der Waals surface area contributed by atoms with Crippen LogP contribution in [0.5, 0.6) is 0 Å². The molecule has 2 rings (SSSR count). The van der Waals surface area contributed by atoms with Crippen molar-refractivity contribution in [1.82, 2.24) is 0 Å². The number of hydrogen-bond donors (Lipinski definition) is 2. The van der Waals surface area contributed by atoms with Crippen LogP contribution in [0.4, 0.5) is 0 Å². The van der Waals surface area contributed by atoms with E-state index in [1.165, 1.54) is 13.8 Å². The van der Waals surface area contributed by atoms with Gasteiger partial charge in [0, 0.05) is 6.42 Å². The van der Waals surface area contributed by atoms with Crippen LogP contribution in [0.15, 0.2) is 11.8 Å². The molecule has 100 valence electrons. The molecule has 1 fully saturated rings. The van der Waals surface area contributed by atoms with E-state index in [0.29, 0.717) is 6.61 Å².